The number of hydrazine groups is 1. The third kappa shape index (κ3) is 8.23. The van der Waals surface area contributed by atoms with Crippen LogP contribution in [0.4, 0.5) is 0 Å². The van der Waals surface area contributed by atoms with Gasteiger partial charge in [-0.15, -0.1) is 0 Å². The third-order valence-corrected chi connectivity index (χ3v) is 5.55. The molecular weight excluding hydrogens is 418 g/mol. The summed E-state index contributed by atoms with van der Waals surface area (Å²) < 4.78 is 31.8. The van der Waals surface area contributed by atoms with Crippen molar-refractivity contribution in [2.24, 2.45) is 0 Å². The number of ether oxygens (including phenoxy) is 1. The van der Waals surface area contributed by atoms with Gasteiger partial charge in [0.2, 0.25) is 15.9 Å². The highest BCUT2D eigenvalue weighted by molar-refractivity contribution is 7.92. The van der Waals surface area contributed by atoms with Crippen molar-refractivity contribution in [2.45, 2.75) is 33.3 Å². The summed E-state index contributed by atoms with van der Waals surface area (Å²) in [7, 11) is -3.68. The molecule has 2 aromatic carbocycles. The van der Waals surface area contributed by atoms with E-state index in [-0.39, 0.29) is 13.0 Å². The first-order chi connectivity index (χ1) is 14.7. The van der Waals surface area contributed by atoms with Gasteiger partial charge >= 0.3 is 0 Å². The largest absolute Gasteiger partial charge is 0.481 e. The van der Waals surface area contributed by atoms with Crippen molar-refractivity contribution in [3.8, 4) is 5.75 Å². The van der Waals surface area contributed by atoms with E-state index in [1.165, 1.54) is 6.08 Å². The van der Waals surface area contributed by atoms with Gasteiger partial charge in [0.1, 0.15) is 5.75 Å². The molecule has 2 amide bonds. The second-order valence-corrected chi connectivity index (χ2v) is 8.55. The fourth-order valence-electron chi connectivity index (χ4n) is 2.48. The molecular formula is C22H27N3O5S. The SMILES string of the molecule is Cc1cccc(OC(C)C(=O)NNC(=O)CCNS(=O)(=O)/C=C/c2ccccc2)c1C. The number of carbonyl (C=O) groups is 2. The minimum absolute atomic E-state index is 0.113. The van der Waals surface area contributed by atoms with Gasteiger partial charge in [-0.3, -0.25) is 20.4 Å². The Morgan fingerprint density at radius 1 is 1.03 bits per heavy atom. The van der Waals surface area contributed by atoms with Crippen LogP contribution in [0.25, 0.3) is 6.08 Å². The molecule has 0 saturated carbocycles. The maximum Gasteiger partial charge on any atom is 0.279 e. The third-order valence-electron chi connectivity index (χ3n) is 4.45. The molecule has 0 radical (unpaired) electrons. The van der Waals surface area contributed by atoms with Crippen LogP contribution in [0, 0.1) is 13.8 Å². The van der Waals surface area contributed by atoms with Gasteiger partial charge in [0, 0.05) is 18.4 Å². The molecule has 0 saturated heterocycles. The monoisotopic (exact) mass is 445 g/mol. The van der Waals surface area contributed by atoms with Crippen LogP contribution in [0.15, 0.2) is 53.9 Å². The van der Waals surface area contributed by atoms with Gasteiger partial charge in [-0.25, -0.2) is 13.1 Å². The highest BCUT2D eigenvalue weighted by atomic mass is 32.2. The summed E-state index contributed by atoms with van der Waals surface area (Å²) in [6.07, 6.45) is 0.479. The molecule has 3 N–H and O–H groups in total. The Morgan fingerprint density at radius 3 is 2.45 bits per heavy atom. The number of sulfonamides is 1. The van der Waals surface area contributed by atoms with Gasteiger partial charge in [-0.1, -0.05) is 42.5 Å². The molecule has 1 unspecified atom stereocenters. The van der Waals surface area contributed by atoms with Crippen molar-refractivity contribution >= 4 is 27.9 Å². The number of nitrogens with one attached hydrogen (secondary N) is 3. The maximum absolute atomic E-state index is 12.1. The Bertz CT molecular complexity index is 1040. The maximum atomic E-state index is 12.1. The molecule has 166 valence electrons. The van der Waals surface area contributed by atoms with Crippen molar-refractivity contribution in [3.63, 3.8) is 0 Å². The zero-order chi connectivity index (χ0) is 22.9. The quantitative estimate of drug-likeness (QED) is 0.512. The fourth-order valence-corrected chi connectivity index (χ4v) is 3.30. The Hall–Kier alpha value is -3.17. The number of hydrogen-bond donors (Lipinski definition) is 3. The molecule has 31 heavy (non-hydrogen) atoms. The molecule has 0 heterocycles. The molecule has 0 fully saturated rings. The first kappa shape index (κ1) is 24.1. The summed E-state index contributed by atoms with van der Waals surface area (Å²) in [4.78, 5) is 24.0. The minimum atomic E-state index is -3.68. The number of rotatable bonds is 9. The lowest BCUT2D eigenvalue weighted by atomic mass is 10.1. The van der Waals surface area contributed by atoms with E-state index in [0.717, 1.165) is 22.1 Å². The van der Waals surface area contributed by atoms with E-state index in [9.17, 15) is 18.0 Å². The highest BCUT2D eigenvalue weighted by Crippen LogP contribution is 2.21. The molecule has 9 heteroatoms. The fraction of sp³-hybridized carbons (Fsp3) is 0.273. The first-order valence-corrected chi connectivity index (χ1v) is 11.3. The Labute approximate surface area is 182 Å². The average molecular weight is 446 g/mol. The van der Waals surface area contributed by atoms with Crippen molar-refractivity contribution in [1.29, 1.82) is 0 Å². The van der Waals surface area contributed by atoms with Gasteiger partial charge in [-0.2, -0.15) is 0 Å². The zero-order valence-electron chi connectivity index (χ0n) is 17.7. The van der Waals surface area contributed by atoms with Crippen LogP contribution in [0.1, 0.15) is 30.0 Å². The standard InChI is InChI=1S/C22H27N3O5S/c1-16-8-7-11-20(17(16)2)30-18(3)22(27)25-24-21(26)12-14-23-31(28,29)15-13-19-9-5-4-6-10-19/h4-11,13,15,18,23H,12,14H2,1-3H3,(H,24,26)(H,25,27)/b15-13+. The normalized spacial score (nSPS) is 12.4. The highest BCUT2D eigenvalue weighted by Gasteiger charge is 2.17. The van der Waals surface area contributed by atoms with Gasteiger partial charge in [-0.05, 0) is 49.6 Å². The summed E-state index contributed by atoms with van der Waals surface area (Å²) in [6.45, 7) is 5.29. The molecule has 0 aromatic heterocycles. The lowest BCUT2D eigenvalue weighted by Crippen LogP contribution is -2.47. The molecule has 2 aromatic rings. The number of carbonyl (C=O) groups excluding carboxylic acids is 2. The first-order valence-electron chi connectivity index (χ1n) is 9.72. The van der Waals surface area contributed by atoms with Gasteiger partial charge in [0.25, 0.3) is 5.91 Å². The summed E-state index contributed by atoms with van der Waals surface area (Å²) >= 11 is 0. The Balaban J connectivity index is 1.73. The summed E-state index contributed by atoms with van der Waals surface area (Å²) in [5.41, 5.74) is 7.24. The van der Waals surface area contributed by atoms with E-state index >= 15 is 0 Å². The van der Waals surface area contributed by atoms with E-state index in [4.69, 9.17) is 4.74 Å². The molecule has 0 aliphatic heterocycles. The van der Waals surface area contributed by atoms with Crippen LogP contribution in [-0.2, 0) is 19.6 Å². The van der Waals surface area contributed by atoms with Crippen molar-refractivity contribution in [1.82, 2.24) is 15.6 Å². The predicted octanol–water partition coefficient (Wildman–Crippen LogP) is 2.20. The van der Waals surface area contributed by atoms with E-state index in [1.807, 2.05) is 32.0 Å². The van der Waals surface area contributed by atoms with Gasteiger partial charge in [0.15, 0.2) is 6.10 Å². The van der Waals surface area contributed by atoms with Crippen molar-refractivity contribution < 1.29 is 22.7 Å². The van der Waals surface area contributed by atoms with Crippen LogP contribution < -0.4 is 20.3 Å². The minimum Gasteiger partial charge on any atom is -0.481 e. The topological polar surface area (TPSA) is 114 Å². The lowest BCUT2D eigenvalue weighted by Gasteiger charge is -2.17. The molecule has 0 aliphatic carbocycles. The summed E-state index contributed by atoms with van der Waals surface area (Å²) in [5, 5.41) is 1.04. The van der Waals surface area contributed by atoms with E-state index in [1.54, 1.807) is 37.3 Å². The Morgan fingerprint density at radius 2 is 1.74 bits per heavy atom. The van der Waals surface area contributed by atoms with Crippen LogP contribution in [-0.4, -0.2) is 32.9 Å². The van der Waals surface area contributed by atoms with Crippen molar-refractivity contribution in [3.05, 3.63) is 70.6 Å². The summed E-state index contributed by atoms with van der Waals surface area (Å²) in [5.74, 6) is -0.477. The number of benzene rings is 2. The number of aryl methyl sites for hydroxylation is 1. The molecule has 0 spiro atoms. The van der Waals surface area contributed by atoms with Gasteiger partial charge in [0.05, 0.1) is 0 Å². The number of amides is 2. The number of hydrogen-bond acceptors (Lipinski definition) is 5. The van der Waals surface area contributed by atoms with E-state index in [2.05, 4.69) is 15.6 Å². The average Bonchev–Trinajstić information content (AvgIpc) is 2.74. The second kappa shape index (κ2) is 11.3. The molecule has 1 atom stereocenters. The second-order valence-electron chi connectivity index (χ2n) is 6.90. The molecule has 8 nitrogen and oxygen atoms in total. The van der Waals surface area contributed by atoms with Crippen LogP contribution in [0.2, 0.25) is 0 Å². The lowest BCUT2D eigenvalue weighted by molar-refractivity contribution is -0.132. The smallest absolute Gasteiger partial charge is 0.279 e. The Kier molecular flexibility index (Phi) is 8.77. The molecule has 0 aliphatic rings. The van der Waals surface area contributed by atoms with Crippen molar-refractivity contribution in [2.75, 3.05) is 6.54 Å². The van der Waals surface area contributed by atoms with Crippen LogP contribution in [0.3, 0.4) is 0 Å². The van der Waals surface area contributed by atoms with Gasteiger partial charge < -0.3 is 4.74 Å². The van der Waals surface area contributed by atoms with E-state index in [0.29, 0.717) is 5.75 Å². The molecule has 0 bridgehead atoms. The van der Waals surface area contributed by atoms with Crippen LogP contribution in [0.5, 0.6) is 5.75 Å². The van der Waals surface area contributed by atoms with Crippen LogP contribution >= 0.6 is 0 Å². The summed E-state index contributed by atoms with van der Waals surface area (Å²) in [6, 6.07) is 14.5. The zero-order valence-corrected chi connectivity index (χ0v) is 18.5. The molecule has 2 rings (SSSR count). The predicted molar refractivity (Wildman–Crippen MR) is 119 cm³/mol. The van der Waals surface area contributed by atoms with E-state index < -0.39 is 27.9 Å².